The van der Waals surface area contributed by atoms with Gasteiger partial charge in [0.25, 0.3) is 0 Å². The maximum absolute atomic E-state index is 12.3. The second kappa shape index (κ2) is 5.31. The van der Waals surface area contributed by atoms with Crippen LogP contribution in [0.4, 0.5) is 0 Å². The molecule has 0 fully saturated rings. The highest BCUT2D eigenvalue weighted by Gasteiger charge is 2.26. The van der Waals surface area contributed by atoms with E-state index in [1.54, 1.807) is 28.7 Å². The number of nitrogens with zero attached hydrogens (tertiary/aromatic N) is 1. The molecule has 2 nitrogen and oxygen atoms in total. The van der Waals surface area contributed by atoms with Crippen molar-refractivity contribution in [3.63, 3.8) is 0 Å². The van der Waals surface area contributed by atoms with E-state index < -0.39 is 0 Å². The fourth-order valence-corrected chi connectivity index (χ4v) is 4.03. The zero-order chi connectivity index (χ0) is 13.2. The Hall–Kier alpha value is -1.39. The molecule has 0 saturated heterocycles. The van der Waals surface area contributed by atoms with Gasteiger partial charge in [0.1, 0.15) is 0 Å². The molecule has 3 heterocycles. The Morgan fingerprint density at radius 3 is 3.05 bits per heavy atom. The van der Waals surface area contributed by atoms with Crippen LogP contribution in [0.1, 0.15) is 28.3 Å². The van der Waals surface area contributed by atoms with Crippen LogP contribution in [-0.2, 0) is 11.2 Å². The van der Waals surface area contributed by atoms with Crippen molar-refractivity contribution in [2.24, 2.45) is 0 Å². The van der Waals surface area contributed by atoms with Crippen molar-refractivity contribution in [1.82, 2.24) is 4.90 Å². The smallest absolute Gasteiger partial charge is 0.247 e. The zero-order valence-electron chi connectivity index (χ0n) is 10.7. The van der Waals surface area contributed by atoms with E-state index in [4.69, 9.17) is 0 Å². The summed E-state index contributed by atoms with van der Waals surface area (Å²) >= 11 is 3.45. The van der Waals surface area contributed by atoms with Crippen LogP contribution in [0.5, 0.6) is 0 Å². The lowest BCUT2D eigenvalue weighted by Gasteiger charge is -2.32. The highest BCUT2D eigenvalue weighted by atomic mass is 32.1. The van der Waals surface area contributed by atoms with Gasteiger partial charge in [-0.1, -0.05) is 6.07 Å². The fourth-order valence-electron chi connectivity index (χ4n) is 2.45. The van der Waals surface area contributed by atoms with Crippen molar-refractivity contribution in [3.05, 3.63) is 50.4 Å². The van der Waals surface area contributed by atoms with E-state index in [0.29, 0.717) is 0 Å². The van der Waals surface area contributed by atoms with Crippen LogP contribution in [-0.4, -0.2) is 17.4 Å². The Morgan fingerprint density at radius 1 is 1.37 bits per heavy atom. The van der Waals surface area contributed by atoms with Gasteiger partial charge in [-0.2, -0.15) is 0 Å². The van der Waals surface area contributed by atoms with Gasteiger partial charge in [0.05, 0.1) is 6.04 Å². The van der Waals surface area contributed by atoms with Gasteiger partial charge in [0.15, 0.2) is 0 Å². The highest BCUT2D eigenvalue weighted by molar-refractivity contribution is 7.10. The van der Waals surface area contributed by atoms with Gasteiger partial charge in [0, 0.05) is 22.4 Å². The number of carbonyl (C=O) groups is 1. The van der Waals surface area contributed by atoms with Crippen molar-refractivity contribution in [3.8, 4) is 0 Å². The molecule has 0 radical (unpaired) electrons. The molecule has 1 atom stereocenters. The number of thiophene rings is 2. The lowest BCUT2D eigenvalue weighted by molar-refractivity contribution is -0.128. The molecular formula is C15H15NOS2. The van der Waals surface area contributed by atoms with E-state index in [2.05, 4.69) is 18.4 Å². The Balaban J connectivity index is 1.75. The van der Waals surface area contributed by atoms with E-state index in [1.807, 2.05) is 28.5 Å². The minimum Gasteiger partial charge on any atom is -0.332 e. The predicted molar refractivity (Wildman–Crippen MR) is 81.5 cm³/mol. The molecule has 19 heavy (non-hydrogen) atoms. The Kier molecular flexibility index (Phi) is 3.53. The van der Waals surface area contributed by atoms with Crippen molar-refractivity contribution in [2.75, 3.05) is 6.54 Å². The normalized spacial score (nSPS) is 18.8. The summed E-state index contributed by atoms with van der Waals surface area (Å²) < 4.78 is 0. The van der Waals surface area contributed by atoms with E-state index in [9.17, 15) is 4.79 Å². The van der Waals surface area contributed by atoms with Crippen LogP contribution in [0.25, 0.3) is 6.08 Å². The highest BCUT2D eigenvalue weighted by Crippen LogP contribution is 2.32. The Morgan fingerprint density at radius 2 is 2.26 bits per heavy atom. The summed E-state index contributed by atoms with van der Waals surface area (Å²) in [7, 11) is 0. The first-order valence-electron chi connectivity index (χ1n) is 6.34. The minimum absolute atomic E-state index is 0.109. The molecule has 0 unspecified atom stereocenters. The Labute approximate surface area is 121 Å². The first kappa shape index (κ1) is 12.6. The van der Waals surface area contributed by atoms with Gasteiger partial charge in [-0.25, -0.2) is 0 Å². The molecule has 0 aromatic carbocycles. The maximum atomic E-state index is 12.3. The van der Waals surface area contributed by atoms with E-state index in [-0.39, 0.29) is 11.9 Å². The summed E-state index contributed by atoms with van der Waals surface area (Å²) in [6.07, 6.45) is 4.58. The van der Waals surface area contributed by atoms with Crippen LogP contribution < -0.4 is 0 Å². The van der Waals surface area contributed by atoms with Gasteiger partial charge >= 0.3 is 0 Å². The number of rotatable bonds is 2. The number of amides is 1. The lowest BCUT2D eigenvalue weighted by atomic mass is 10.0. The first-order chi connectivity index (χ1) is 9.25. The predicted octanol–water partition coefficient (Wildman–Crippen LogP) is 3.97. The molecule has 0 spiro atoms. The number of fused-ring (bicyclic) bond motifs is 1. The molecule has 98 valence electrons. The third kappa shape index (κ3) is 2.51. The third-order valence-electron chi connectivity index (χ3n) is 3.49. The van der Waals surface area contributed by atoms with Gasteiger partial charge in [-0.3, -0.25) is 4.79 Å². The summed E-state index contributed by atoms with van der Waals surface area (Å²) in [5.41, 5.74) is 1.31. The average molecular weight is 289 g/mol. The summed E-state index contributed by atoms with van der Waals surface area (Å²) in [4.78, 5) is 16.8. The van der Waals surface area contributed by atoms with Crippen LogP contribution in [0, 0.1) is 0 Å². The van der Waals surface area contributed by atoms with E-state index in [0.717, 1.165) is 17.8 Å². The second-order valence-electron chi connectivity index (χ2n) is 4.61. The van der Waals surface area contributed by atoms with Crippen molar-refractivity contribution < 1.29 is 4.79 Å². The summed E-state index contributed by atoms with van der Waals surface area (Å²) in [6.45, 7) is 2.93. The van der Waals surface area contributed by atoms with Crippen LogP contribution in [0.15, 0.2) is 35.0 Å². The lowest BCUT2D eigenvalue weighted by Crippen LogP contribution is -2.37. The molecule has 4 heteroatoms. The molecule has 2 aromatic rings. The van der Waals surface area contributed by atoms with Gasteiger partial charge in [-0.05, 0) is 47.9 Å². The summed E-state index contributed by atoms with van der Waals surface area (Å²) in [5.74, 6) is 0.109. The van der Waals surface area contributed by atoms with E-state index >= 15 is 0 Å². The molecular weight excluding hydrogens is 274 g/mol. The molecule has 0 N–H and O–H groups in total. The summed E-state index contributed by atoms with van der Waals surface area (Å²) in [6, 6.07) is 6.35. The molecule has 0 saturated carbocycles. The zero-order valence-corrected chi connectivity index (χ0v) is 12.3. The molecule has 0 aliphatic carbocycles. The molecule has 1 amide bonds. The number of hydrogen-bond donors (Lipinski definition) is 0. The van der Waals surface area contributed by atoms with E-state index in [1.165, 1.54) is 10.4 Å². The first-order valence-corrected chi connectivity index (χ1v) is 8.10. The largest absolute Gasteiger partial charge is 0.332 e. The SMILES string of the molecule is C[C@H]1c2ccsc2CCN1C(=O)/C=C/c1cccs1. The van der Waals surface area contributed by atoms with Gasteiger partial charge < -0.3 is 4.90 Å². The van der Waals surface area contributed by atoms with Crippen LogP contribution in [0.3, 0.4) is 0 Å². The van der Waals surface area contributed by atoms with Gasteiger partial charge in [-0.15, -0.1) is 22.7 Å². The van der Waals surface area contributed by atoms with Crippen LogP contribution in [0.2, 0.25) is 0 Å². The number of carbonyl (C=O) groups excluding carboxylic acids is 1. The monoisotopic (exact) mass is 289 g/mol. The second-order valence-corrected chi connectivity index (χ2v) is 6.59. The molecule has 2 aromatic heterocycles. The number of hydrogen-bond acceptors (Lipinski definition) is 3. The minimum atomic E-state index is 0.109. The summed E-state index contributed by atoms with van der Waals surface area (Å²) in [5, 5.41) is 4.14. The van der Waals surface area contributed by atoms with Crippen molar-refractivity contribution in [2.45, 2.75) is 19.4 Å². The molecule has 0 bridgehead atoms. The third-order valence-corrected chi connectivity index (χ3v) is 5.33. The maximum Gasteiger partial charge on any atom is 0.247 e. The van der Waals surface area contributed by atoms with Crippen molar-refractivity contribution >= 4 is 34.7 Å². The molecule has 3 rings (SSSR count). The van der Waals surface area contributed by atoms with Crippen molar-refractivity contribution in [1.29, 1.82) is 0 Å². The Bertz CT molecular complexity index is 597. The average Bonchev–Trinajstić information content (AvgIpc) is 3.07. The van der Waals surface area contributed by atoms with Crippen LogP contribution >= 0.6 is 22.7 Å². The fraction of sp³-hybridized carbons (Fsp3) is 0.267. The molecule has 1 aliphatic rings. The molecule has 1 aliphatic heterocycles. The van der Waals surface area contributed by atoms with Gasteiger partial charge in [0.2, 0.25) is 5.91 Å². The standard InChI is InChI=1S/C15H15NOS2/c1-11-13-7-10-19-14(13)6-8-16(11)15(17)5-4-12-3-2-9-18-12/h2-5,7,9-11H,6,8H2,1H3/b5-4+/t11-/m0/s1. The quantitative estimate of drug-likeness (QED) is 0.766. The topological polar surface area (TPSA) is 20.3 Å².